The molecule has 2 fully saturated rings. The van der Waals surface area contributed by atoms with E-state index in [0.717, 1.165) is 30.5 Å². The largest absolute Gasteiger partial charge is 0.453 e. The summed E-state index contributed by atoms with van der Waals surface area (Å²) >= 11 is 0. The molecule has 4 aromatic rings. The first kappa shape index (κ1) is 39.5. The van der Waals surface area contributed by atoms with E-state index in [0.29, 0.717) is 48.4 Å². The van der Waals surface area contributed by atoms with Gasteiger partial charge in [0.05, 0.1) is 50.7 Å². The van der Waals surface area contributed by atoms with E-state index in [1.165, 1.54) is 20.5 Å². The Bertz CT molecular complexity index is 2040. The average Bonchev–Trinajstić information content (AvgIpc) is 4.04. The van der Waals surface area contributed by atoms with Gasteiger partial charge in [0.15, 0.2) is 5.82 Å². The lowest BCUT2D eigenvalue weighted by molar-refractivity contribution is -0.136. The quantitative estimate of drug-likeness (QED) is 0.103. The normalized spacial score (nSPS) is 17.9. The first-order chi connectivity index (χ1) is 26.9. The molecule has 0 bridgehead atoms. The van der Waals surface area contributed by atoms with Gasteiger partial charge in [-0.2, -0.15) is 0 Å². The summed E-state index contributed by atoms with van der Waals surface area (Å²) < 4.78 is 9.46. The summed E-state index contributed by atoms with van der Waals surface area (Å²) in [5, 5.41) is 8.46. The smallest absolute Gasteiger partial charge is 0.407 e. The van der Waals surface area contributed by atoms with Crippen LogP contribution in [0.5, 0.6) is 0 Å². The highest BCUT2D eigenvalue weighted by molar-refractivity contribution is 6.11. The number of hydrogen-bond donors (Lipinski definition) is 6. The zero-order valence-corrected chi connectivity index (χ0v) is 32.3. The Morgan fingerprint density at radius 1 is 0.750 bits per heavy atom. The predicted octanol–water partition coefficient (Wildman–Crippen LogP) is 4.59. The van der Waals surface area contributed by atoms with E-state index in [2.05, 4.69) is 45.9 Å². The van der Waals surface area contributed by atoms with Gasteiger partial charge in [0, 0.05) is 18.7 Å². The fraction of sp³-hybridized carbons (Fsp3) is 0.474. The van der Waals surface area contributed by atoms with E-state index in [4.69, 9.17) is 9.47 Å². The Hall–Kier alpha value is -6.20. The predicted molar refractivity (Wildman–Crippen MR) is 204 cm³/mol. The van der Waals surface area contributed by atoms with Crippen molar-refractivity contribution in [2.24, 2.45) is 11.8 Å². The fourth-order valence-corrected chi connectivity index (χ4v) is 7.24. The maximum atomic E-state index is 13.7. The highest BCUT2D eigenvalue weighted by Crippen LogP contribution is 2.34. The first-order valence-electron chi connectivity index (χ1n) is 18.7. The van der Waals surface area contributed by atoms with Crippen LogP contribution in [0.15, 0.2) is 43.0 Å². The minimum absolute atomic E-state index is 0.141. The molecule has 1 aromatic carbocycles. The van der Waals surface area contributed by atoms with Crippen LogP contribution in [0.2, 0.25) is 0 Å². The summed E-state index contributed by atoms with van der Waals surface area (Å²) in [5.74, 6) is 1.02. The van der Waals surface area contributed by atoms with Crippen molar-refractivity contribution in [2.75, 3.05) is 32.6 Å². The number of alkyl carbamates (subject to hydrolysis) is 2. The number of aromatic nitrogens is 6. The standard InChI is InChI=1S/C38H49N11O7/c1-20(2)28(46-37(53)55-5)35(51)48-15-7-9-25(48)32-39-17-24(43-32)22-11-13-23(14-12-22)31(50)30-34(42-19-41-30)45-27-18-40-33(44-27)26-10-8-16-49(26)36(52)29(21(3)4)47-38(54)56-6/h11-14,17-21,25-26,28-29,45H,7-10,15-16H2,1-6H3,(H,39,43)(H,40,44)(H,41,42)(H,46,53)(H,47,54). The van der Waals surface area contributed by atoms with Crippen molar-refractivity contribution in [3.05, 3.63) is 65.9 Å². The molecule has 0 spiro atoms. The highest BCUT2D eigenvalue weighted by Gasteiger charge is 2.39. The Morgan fingerprint density at radius 2 is 1.29 bits per heavy atom. The lowest BCUT2D eigenvalue weighted by Crippen LogP contribution is -2.51. The zero-order chi connectivity index (χ0) is 40.1. The lowest BCUT2D eigenvalue weighted by atomic mass is 10.0. The number of ketones is 1. The Balaban J connectivity index is 1.11. The molecule has 6 N–H and O–H groups in total. The van der Waals surface area contributed by atoms with Crippen molar-refractivity contribution in [1.82, 2.24) is 50.3 Å². The summed E-state index contributed by atoms with van der Waals surface area (Å²) in [4.78, 5) is 91.1. The first-order valence-corrected chi connectivity index (χ1v) is 18.7. The SMILES string of the molecule is COC(=O)NC(C(=O)N1CCCC1c1ncc(Nc2nc[nH]c2C(=O)c2ccc(-c3cnc(C4CCCN4C(=O)C(NC(=O)OC)C(C)C)[nH]3)cc2)[nH]1)C(C)C. The number of anilines is 2. The number of rotatable bonds is 13. The number of benzene rings is 1. The van der Waals surface area contributed by atoms with E-state index in [9.17, 15) is 24.0 Å². The molecule has 0 aliphatic carbocycles. The number of amides is 4. The van der Waals surface area contributed by atoms with Crippen LogP contribution in [-0.4, -0.2) is 109 Å². The maximum absolute atomic E-state index is 13.7. The third kappa shape index (κ3) is 8.38. The van der Waals surface area contributed by atoms with Crippen LogP contribution in [0.25, 0.3) is 11.3 Å². The van der Waals surface area contributed by atoms with Crippen molar-refractivity contribution in [1.29, 1.82) is 0 Å². The average molecular weight is 772 g/mol. The molecule has 18 heteroatoms. The van der Waals surface area contributed by atoms with Crippen LogP contribution in [0.1, 0.15) is 93.2 Å². The molecule has 0 radical (unpaired) electrons. The summed E-state index contributed by atoms with van der Waals surface area (Å²) in [7, 11) is 2.53. The third-order valence-electron chi connectivity index (χ3n) is 10.3. The summed E-state index contributed by atoms with van der Waals surface area (Å²) in [6.07, 6.45) is 6.39. The summed E-state index contributed by atoms with van der Waals surface area (Å²) in [6, 6.07) is 5.01. The van der Waals surface area contributed by atoms with Crippen LogP contribution in [0.3, 0.4) is 0 Å². The van der Waals surface area contributed by atoms with Gasteiger partial charge in [-0.3, -0.25) is 14.4 Å². The number of methoxy groups -OCH3 is 2. The number of likely N-dealkylation sites (tertiary alicyclic amines) is 2. The van der Waals surface area contributed by atoms with Gasteiger partial charge in [0.25, 0.3) is 0 Å². The topological polar surface area (TPSA) is 232 Å². The molecule has 3 aromatic heterocycles. The number of aromatic amines is 3. The summed E-state index contributed by atoms with van der Waals surface area (Å²) in [5.41, 5.74) is 2.21. The molecule has 2 aliphatic heterocycles. The number of carbonyl (C=O) groups is 5. The van der Waals surface area contributed by atoms with Crippen molar-refractivity contribution < 1.29 is 33.4 Å². The van der Waals surface area contributed by atoms with E-state index >= 15 is 0 Å². The van der Waals surface area contributed by atoms with E-state index < -0.39 is 24.3 Å². The number of nitrogens with zero attached hydrogens (tertiary/aromatic N) is 5. The molecule has 18 nitrogen and oxygen atoms in total. The Labute approximate surface area is 323 Å². The fourth-order valence-electron chi connectivity index (χ4n) is 7.24. The van der Waals surface area contributed by atoms with E-state index in [-0.39, 0.29) is 47.2 Å². The number of H-pyrrole nitrogens is 3. The van der Waals surface area contributed by atoms with Gasteiger partial charge in [-0.05, 0) is 43.1 Å². The van der Waals surface area contributed by atoms with Gasteiger partial charge in [-0.25, -0.2) is 24.5 Å². The minimum atomic E-state index is -0.749. The number of imidazole rings is 3. The minimum Gasteiger partial charge on any atom is -0.453 e. The molecule has 298 valence electrons. The Morgan fingerprint density at radius 3 is 1.82 bits per heavy atom. The Kier molecular flexibility index (Phi) is 12.0. The van der Waals surface area contributed by atoms with E-state index in [1.54, 1.807) is 34.3 Å². The van der Waals surface area contributed by atoms with Crippen molar-refractivity contribution in [3.8, 4) is 11.3 Å². The molecule has 0 saturated carbocycles. The molecule has 4 atom stereocenters. The number of carbonyl (C=O) groups excluding carboxylic acids is 5. The number of ether oxygens (including phenoxy) is 2. The lowest BCUT2D eigenvalue weighted by Gasteiger charge is -2.30. The second-order valence-corrected chi connectivity index (χ2v) is 14.6. The number of nitrogens with one attached hydrogen (secondary N) is 6. The second-order valence-electron chi connectivity index (χ2n) is 14.6. The van der Waals surface area contributed by atoms with Crippen LogP contribution in [0, 0.1) is 11.8 Å². The summed E-state index contributed by atoms with van der Waals surface area (Å²) in [6.45, 7) is 8.53. The molecule has 2 aliphatic rings. The number of hydrogen-bond acceptors (Lipinski definition) is 11. The van der Waals surface area contributed by atoms with Crippen LogP contribution < -0.4 is 16.0 Å². The third-order valence-corrected chi connectivity index (χ3v) is 10.3. The second kappa shape index (κ2) is 17.1. The van der Waals surface area contributed by atoms with E-state index in [1.807, 2.05) is 39.8 Å². The van der Waals surface area contributed by atoms with Gasteiger partial charge in [-0.1, -0.05) is 52.0 Å². The monoisotopic (exact) mass is 771 g/mol. The van der Waals surface area contributed by atoms with Gasteiger partial charge in [-0.15, -0.1) is 0 Å². The van der Waals surface area contributed by atoms with Crippen molar-refractivity contribution in [3.63, 3.8) is 0 Å². The van der Waals surface area contributed by atoms with Crippen molar-refractivity contribution >= 4 is 41.4 Å². The van der Waals surface area contributed by atoms with Crippen molar-refractivity contribution in [2.45, 2.75) is 77.5 Å². The molecule has 2 saturated heterocycles. The zero-order valence-electron chi connectivity index (χ0n) is 32.3. The maximum Gasteiger partial charge on any atom is 0.407 e. The highest BCUT2D eigenvalue weighted by atomic mass is 16.5. The molecule has 56 heavy (non-hydrogen) atoms. The molecule has 6 rings (SSSR count). The van der Waals surface area contributed by atoms with Gasteiger partial charge < -0.3 is 50.2 Å². The van der Waals surface area contributed by atoms with Crippen LogP contribution >= 0.6 is 0 Å². The molecular formula is C38H49N11O7. The van der Waals surface area contributed by atoms with Crippen LogP contribution in [-0.2, 0) is 19.1 Å². The van der Waals surface area contributed by atoms with Gasteiger partial charge in [0.1, 0.15) is 35.2 Å². The van der Waals surface area contributed by atoms with Gasteiger partial charge >= 0.3 is 12.2 Å². The van der Waals surface area contributed by atoms with Gasteiger partial charge in [0.2, 0.25) is 17.6 Å². The molecular weight excluding hydrogens is 722 g/mol. The molecule has 5 heterocycles. The molecule has 4 unspecified atom stereocenters. The van der Waals surface area contributed by atoms with Crippen LogP contribution in [0.4, 0.5) is 21.2 Å². The molecule has 4 amide bonds.